The van der Waals surface area contributed by atoms with Crippen molar-refractivity contribution in [1.29, 1.82) is 0 Å². The number of aromatic nitrogens is 3. The van der Waals surface area contributed by atoms with Crippen LogP contribution in [0.1, 0.15) is 86.7 Å². The first-order chi connectivity index (χ1) is 18.5. The Morgan fingerprint density at radius 2 is 1.66 bits per heavy atom. The number of aliphatic hydroxyl groups is 1. The highest BCUT2D eigenvalue weighted by Crippen LogP contribution is 2.42. The summed E-state index contributed by atoms with van der Waals surface area (Å²) < 4.78 is 7.75. The van der Waals surface area contributed by atoms with Gasteiger partial charge in [-0.15, -0.1) is 10.2 Å². The molecule has 38 heavy (non-hydrogen) atoms. The summed E-state index contributed by atoms with van der Waals surface area (Å²) in [5.41, 5.74) is 2.06. The lowest BCUT2D eigenvalue weighted by atomic mass is 9.95. The van der Waals surface area contributed by atoms with Gasteiger partial charge in [-0.2, -0.15) is 0 Å². The Morgan fingerprint density at radius 3 is 2.29 bits per heavy atom. The summed E-state index contributed by atoms with van der Waals surface area (Å²) in [5.74, 6) is 1.90. The van der Waals surface area contributed by atoms with Crippen LogP contribution in [0, 0.1) is 0 Å². The van der Waals surface area contributed by atoms with E-state index in [2.05, 4.69) is 51.0 Å². The number of hydrogen-bond acceptors (Lipinski definition) is 6. The molecule has 3 heterocycles. The van der Waals surface area contributed by atoms with Crippen LogP contribution in [0.2, 0.25) is 0 Å². The smallest absolute Gasteiger partial charge is 0.407 e. The van der Waals surface area contributed by atoms with Crippen LogP contribution in [-0.4, -0.2) is 49.5 Å². The van der Waals surface area contributed by atoms with E-state index in [4.69, 9.17) is 4.74 Å². The van der Waals surface area contributed by atoms with Crippen LogP contribution in [0.15, 0.2) is 60.7 Å². The molecule has 0 saturated carbocycles. The number of carbonyl (C=O) groups excluding carboxylic acids is 1. The highest BCUT2D eigenvalue weighted by Gasteiger charge is 2.42. The van der Waals surface area contributed by atoms with E-state index in [1.807, 2.05) is 48.5 Å². The molecule has 3 atom stereocenters. The van der Waals surface area contributed by atoms with Crippen molar-refractivity contribution in [2.45, 2.75) is 89.3 Å². The first-order valence-electron chi connectivity index (χ1n) is 13.9. The first-order valence-corrected chi connectivity index (χ1v) is 13.9. The summed E-state index contributed by atoms with van der Waals surface area (Å²) in [6, 6.07) is 21.1. The fourth-order valence-electron chi connectivity index (χ4n) is 6.25. The van der Waals surface area contributed by atoms with Crippen LogP contribution in [0.4, 0.5) is 4.79 Å². The minimum absolute atomic E-state index is 0.0833. The zero-order valence-electron chi connectivity index (χ0n) is 22.4. The summed E-state index contributed by atoms with van der Waals surface area (Å²) in [4.78, 5) is 15.4. The summed E-state index contributed by atoms with van der Waals surface area (Å²) in [7, 11) is 0. The van der Waals surface area contributed by atoms with Crippen molar-refractivity contribution >= 4 is 6.09 Å². The van der Waals surface area contributed by atoms with Crippen molar-refractivity contribution < 1.29 is 14.6 Å². The molecule has 3 aromatic rings. The van der Waals surface area contributed by atoms with Gasteiger partial charge in [0, 0.05) is 30.6 Å². The SMILES string of the molecule is CC(C)c1nnc(CO)n1C1CC2CCC(C1)N2CCC(NC(=O)OCc1ccccc1)c1ccccc1. The molecule has 2 aromatic carbocycles. The molecule has 8 nitrogen and oxygen atoms in total. The van der Waals surface area contributed by atoms with Gasteiger partial charge in [0.2, 0.25) is 0 Å². The van der Waals surface area contributed by atoms with Crippen molar-refractivity contribution in [3.63, 3.8) is 0 Å². The number of rotatable bonds is 10. The lowest BCUT2D eigenvalue weighted by Gasteiger charge is -2.40. The van der Waals surface area contributed by atoms with Gasteiger partial charge in [0.15, 0.2) is 5.82 Å². The normalized spacial score (nSPS) is 21.9. The summed E-state index contributed by atoms with van der Waals surface area (Å²) in [6.07, 6.45) is 4.84. The Bertz CT molecular complexity index is 1170. The molecular weight excluding hydrogens is 478 g/mol. The van der Waals surface area contributed by atoms with Gasteiger partial charge in [0.1, 0.15) is 19.0 Å². The number of piperidine rings is 1. The monoisotopic (exact) mass is 517 g/mol. The maximum absolute atomic E-state index is 12.7. The third kappa shape index (κ3) is 5.92. The zero-order valence-corrected chi connectivity index (χ0v) is 22.4. The van der Waals surface area contributed by atoms with Crippen molar-refractivity contribution in [2.75, 3.05) is 6.54 Å². The second-order valence-corrected chi connectivity index (χ2v) is 10.9. The number of amides is 1. The van der Waals surface area contributed by atoms with Crippen molar-refractivity contribution in [3.8, 4) is 0 Å². The van der Waals surface area contributed by atoms with Crippen LogP contribution in [-0.2, 0) is 18.0 Å². The van der Waals surface area contributed by atoms with E-state index < -0.39 is 6.09 Å². The maximum Gasteiger partial charge on any atom is 0.407 e. The predicted octanol–water partition coefficient (Wildman–Crippen LogP) is 5.12. The number of ether oxygens (including phenoxy) is 1. The number of fused-ring (bicyclic) bond motifs is 2. The Hall–Kier alpha value is -3.23. The van der Waals surface area contributed by atoms with Gasteiger partial charge < -0.3 is 19.7 Å². The minimum atomic E-state index is -0.394. The lowest BCUT2D eigenvalue weighted by molar-refractivity contribution is 0.0956. The standard InChI is InChI=1S/C30H39N5O3/c1-21(2)29-33-32-28(19-36)35(29)26-17-24-13-14-25(18-26)34(24)16-15-27(23-11-7-4-8-12-23)31-30(37)38-20-22-9-5-3-6-10-22/h3-12,21,24-27,36H,13-20H2,1-2H3,(H,31,37). The van der Waals surface area contributed by atoms with Crippen LogP contribution in [0.3, 0.4) is 0 Å². The second kappa shape index (κ2) is 12.1. The van der Waals surface area contributed by atoms with Crippen molar-refractivity contribution in [3.05, 3.63) is 83.4 Å². The number of nitrogens with one attached hydrogen (secondary N) is 1. The quantitative estimate of drug-likeness (QED) is 0.388. The van der Waals surface area contributed by atoms with E-state index in [0.29, 0.717) is 23.9 Å². The Kier molecular flexibility index (Phi) is 8.39. The van der Waals surface area contributed by atoms with E-state index in [1.54, 1.807) is 0 Å². The van der Waals surface area contributed by atoms with Crippen molar-refractivity contribution in [1.82, 2.24) is 25.0 Å². The van der Waals surface area contributed by atoms with Crippen LogP contribution in [0.25, 0.3) is 0 Å². The summed E-state index contributed by atoms with van der Waals surface area (Å²) >= 11 is 0. The number of nitrogens with zero attached hydrogens (tertiary/aromatic N) is 4. The molecule has 2 N–H and O–H groups in total. The Balaban J connectivity index is 1.23. The molecule has 1 amide bonds. The van der Waals surface area contributed by atoms with Gasteiger partial charge in [-0.25, -0.2) is 4.79 Å². The van der Waals surface area contributed by atoms with E-state index in [9.17, 15) is 9.90 Å². The molecule has 8 heteroatoms. The molecule has 0 aliphatic carbocycles. The highest BCUT2D eigenvalue weighted by atomic mass is 16.5. The van der Waals surface area contributed by atoms with Gasteiger partial charge >= 0.3 is 6.09 Å². The molecule has 2 bridgehead atoms. The molecule has 2 aliphatic heterocycles. The van der Waals surface area contributed by atoms with Gasteiger partial charge in [0.25, 0.3) is 0 Å². The van der Waals surface area contributed by atoms with E-state index in [0.717, 1.165) is 42.8 Å². The van der Waals surface area contributed by atoms with Crippen LogP contribution >= 0.6 is 0 Å². The molecule has 0 radical (unpaired) electrons. The van der Waals surface area contributed by atoms with E-state index >= 15 is 0 Å². The molecule has 3 unspecified atom stereocenters. The zero-order chi connectivity index (χ0) is 26.5. The van der Waals surface area contributed by atoms with Crippen molar-refractivity contribution in [2.24, 2.45) is 0 Å². The Labute approximate surface area is 225 Å². The third-order valence-corrected chi connectivity index (χ3v) is 8.06. The largest absolute Gasteiger partial charge is 0.445 e. The average molecular weight is 518 g/mol. The number of hydrogen-bond donors (Lipinski definition) is 2. The molecule has 2 fully saturated rings. The summed E-state index contributed by atoms with van der Waals surface area (Å²) in [6.45, 7) is 5.34. The van der Waals surface area contributed by atoms with Gasteiger partial charge in [-0.05, 0) is 43.2 Å². The average Bonchev–Trinajstić information content (AvgIpc) is 3.48. The Morgan fingerprint density at radius 1 is 1.00 bits per heavy atom. The van der Waals surface area contributed by atoms with Crippen LogP contribution in [0.5, 0.6) is 0 Å². The lowest BCUT2D eigenvalue weighted by Crippen LogP contribution is -2.45. The summed E-state index contributed by atoms with van der Waals surface area (Å²) in [5, 5.41) is 21.7. The molecular formula is C30H39N5O3. The number of alkyl carbamates (subject to hydrolysis) is 1. The molecule has 0 spiro atoms. The minimum Gasteiger partial charge on any atom is -0.445 e. The number of aliphatic hydroxyl groups excluding tert-OH is 1. The molecule has 2 aliphatic rings. The van der Waals surface area contributed by atoms with Gasteiger partial charge in [0.05, 0.1) is 6.04 Å². The molecule has 5 rings (SSSR count). The topological polar surface area (TPSA) is 92.5 Å². The van der Waals surface area contributed by atoms with Gasteiger partial charge in [-0.1, -0.05) is 74.5 Å². The highest BCUT2D eigenvalue weighted by molar-refractivity contribution is 5.68. The fraction of sp³-hybridized carbons (Fsp3) is 0.500. The first kappa shape index (κ1) is 26.4. The van der Waals surface area contributed by atoms with E-state index in [1.165, 1.54) is 12.8 Å². The fourth-order valence-corrected chi connectivity index (χ4v) is 6.25. The second-order valence-electron chi connectivity index (χ2n) is 10.9. The molecule has 1 aromatic heterocycles. The predicted molar refractivity (Wildman–Crippen MR) is 145 cm³/mol. The van der Waals surface area contributed by atoms with Crippen LogP contribution < -0.4 is 5.32 Å². The maximum atomic E-state index is 12.7. The number of carbonyl (C=O) groups is 1. The van der Waals surface area contributed by atoms with Gasteiger partial charge in [-0.3, -0.25) is 4.90 Å². The third-order valence-electron chi connectivity index (χ3n) is 8.06. The molecule has 2 saturated heterocycles. The molecule has 202 valence electrons. The van der Waals surface area contributed by atoms with E-state index in [-0.39, 0.29) is 25.2 Å². The number of benzene rings is 2.